The number of sulfonamides is 1. The van der Waals surface area contributed by atoms with Gasteiger partial charge in [-0.3, -0.25) is 4.72 Å². The Labute approximate surface area is 118 Å². The first-order chi connectivity index (χ1) is 9.45. The van der Waals surface area contributed by atoms with Crippen molar-refractivity contribution in [3.8, 4) is 5.75 Å². The van der Waals surface area contributed by atoms with E-state index in [1.165, 1.54) is 13.2 Å². The minimum absolute atomic E-state index is 0.00282. The zero-order chi connectivity index (χ0) is 15.2. The molecule has 1 aromatic carbocycles. The molecular weight excluding hydrogens is 282 g/mol. The lowest BCUT2D eigenvalue weighted by molar-refractivity contribution is 0.318. The van der Waals surface area contributed by atoms with Gasteiger partial charge in [0.2, 0.25) is 10.0 Å². The van der Waals surface area contributed by atoms with Gasteiger partial charge in [-0.25, -0.2) is 8.42 Å². The molecule has 0 aliphatic heterocycles. The predicted molar refractivity (Wildman–Crippen MR) is 77.8 cm³/mol. The lowest BCUT2D eigenvalue weighted by Crippen LogP contribution is -2.21. The maximum atomic E-state index is 12.0. The van der Waals surface area contributed by atoms with Crippen LogP contribution in [0.5, 0.6) is 5.75 Å². The van der Waals surface area contributed by atoms with E-state index in [-0.39, 0.29) is 22.8 Å². The minimum Gasteiger partial charge on any atom is -0.495 e. The number of nitrogens with one attached hydrogen (secondary N) is 1. The molecule has 0 aromatic heterocycles. The standard InChI is InChI=1S/C12H19N3O4S/c1-3-4-8-20(17,18)15-11-9(12(13)14-16)6-5-7-10(11)19-2/h5-7,15-16H,3-4,8H2,1-2H3,(H2,13,14). The van der Waals surface area contributed by atoms with Crippen molar-refractivity contribution in [3.05, 3.63) is 23.8 Å². The fraction of sp³-hybridized carbons (Fsp3) is 0.417. The molecule has 1 rings (SSSR count). The van der Waals surface area contributed by atoms with Crippen molar-refractivity contribution in [2.45, 2.75) is 19.8 Å². The Morgan fingerprint density at radius 3 is 2.75 bits per heavy atom. The quantitative estimate of drug-likeness (QED) is 0.304. The molecule has 7 nitrogen and oxygen atoms in total. The van der Waals surface area contributed by atoms with Crippen molar-refractivity contribution in [1.82, 2.24) is 0 Å². The number of ether oxygens (including phenoxy) is 1. The minimum atomic E-state index is -3.52. The highest BCUT2D eigenvalue weighted by atomic mass is 32.2. The molecule has 0 saturated heterocycles. The molecule has 0 radical (unpaired) electrons. The number of nitrogens with two attached hydrogens (primary N) is 1. The summed E-state index contributed by atoms with van der Waals surface area (Å²) in [6.07, 6.45) is 1.31. The second kappa shape index (κ2) is 6.99. The van der Waals surface area contributed by atoms with E-state index < -0.39 is 10.0 Å². The summed E-state index contributed by atoms with van der Waals surface area (Å²) in [5.74, 6) is 0.100. The maximum Gasteiger partial charge on any atom is 0.232 e. The molecule has 4 N–H and O–H groups in total. The highest BCUT2D eigenvalue weighted by Crippen LogP contribution is 2.29. The molecule has 8 heteroatoms. The fourth-order valence-electron chi connectivity index (χ4n) is 1.61. The second-order valence-electron chi connectivity index (χ2n) is 4.14. The molecule has 0 saturated carbocycles. The van der Waals surface area contributed by atoms with Gasteiger partial charge >= 0.3 is 0 Å². The van der Waals surface area contributed by atoms with Crippen LogP contribution in [0.4, 0.5) is 5.69 Å². The van der Waals surface area contributed by atoms with Crippen molar-refractivity contribution in [2.75, 3.05) is 17.6 Å². The Kier molecular flexibility index (Phi) is 5.63. The number of benzene rings is 1. The summed E-state index contributed by atoms with van der Waals surface area (Å²) in [4.78, 5) is 0. The van der Waals surface area contributed by atoms with Gasteiger partial charge in [0, 0.05) is 5.56 Å². The van der Waals surface area contributed by atoms with Gasteiger partial charge in [0.05, 0.1) is 12.9 Å². The Hall–Kier alpha value is -1.96. The van der Waals surface area contributed by atoms with Crippen molar-refractivity contribution in [2.24, 2.45) is 10.9 Å². The molecule has 0 bridgehead atoms. The van der Waals surface area contributed by atoms with Crippen LogP contribution in [0.25, 0.3) is 0 Å². The summed E-state index contributed by atoms with van der Waals surface area (Å²) >= 11 is 0. The monoisotopic (exact) mass is 301 g/mol. The normalized spacial score (nSPS) is 12.2. The van der Waals surface area contributed by atoms with E-state index in [2.05, 4.69) is 9.88 Å². The third kappa shape index (κ3) is 4.02. The van der Waals surface area contributed by atoms with E-state index in [0.717, 1.165) is 6.42 Å². The first-order valence-corrected chi connectivity index (χ1v) is 7.75. The van der Waals surface area contributed by atoms with Crippen LogP contribution in [0.3, 0.4) is 0 Å². The van der Waals surface area contributed by atoms with Gasteiger partial charge in [-0.05, 0) is 18.6 Å². The van der Waals surface area contributed by atoms with E-state index >= 15 is 0 Å². The van der Waals surface area contributed by atoms with Crippen LogP contribution in [0.2, 0.25) is 0 Å². The van der Waals surface area contributed by atoms with Crippen LogP contribution in [-0.2, 0) is 10.0 Å². The van der Waals surface area contributed by atoms with Gasteiger partial charge in [0.25, 0.3) is 0 Å². The topological polar surface area (TPSA) is 114 Å². The number of rotatable bonds is 7. The maximum absolute atomic E-state index is 12.0. The van der Waals surface area contributed by atoms with Crippen LogP contribution < -0.4 is 15.2 Å². The van der Waals surface area contributed by atoms with E-state index in [4.69, 9.17) is 15.7 Å². The molecular formula is C12H19N3O4S. The zero-order valence-corrected chi connectivity index (χ0v) is 12.3. The third-order valence-electron chi connectivity index (χ3n) is 2.65. The largest absolute Gasteiger partial charge is 0.495 e. The Morgan fingerprint density at radius 1 is 1.50 bits per heavy atom. The van der Waals surface area contributed by atoms with Gasteiger partial charge in [-0.1, -0.05) is 24.6 Å². The number of oxime groups is 1. The Morgan fingerprint density at radius 2 is 2.20 bits per heavy atom. The molecule has 112 valence electrons. The molecule has 0 aliphatic carbocycles. The number of hydrogen-bond donors (Lipinski definition) is 3. The van der Waals surface area contributed by atoms with Gasteiger partial charge in [0.15, 0.2) is 5.84 Å². The van der Waals surface area contributed by atoms with Crippen LogP contribution in [-0.4, -0.2) is 32.3 Å². The predicted octanol–water partition coefficient (Wildman–Crippen LogP) is 1.33. The molecule has 0 unspecified atom stereocenters. The average Bonchev–Trinajstić information content (AvgIpc) is 2.44. The van der Waals surface area contributed by atoms with Crippen molar-refractivity contribution < 1.29 is 18.4 Å². The first-order valence-electron chi connectivity index (χ1n) is 6.10. The molecule has 0 heterocycles. The van der Waals surface area contributed by atoms with Crippen molar-refractivity contribution in [3.63, 3.8) is 0 Å². The summed E-state index contributed by atoms with van der Waals surface area (Å²) < 4.78 is 31.5. The Balaban J connectivity index is 3.21. The van der Waals surface area contributed by atoms with E-state index in [1.54, 1.807) is 12.1 Å². The molecule has 1 aromatic rings. The first kappa shape index (κ1) is 16.1. The smallest absolute Gasteiger partial charge is 0.232 e. The number of methoxy groups -OCH3 is 1. The summed E-state index contributed by atoms with van der Waals surface area (Å²) in [5.41, 5.74) is 5.97. The highest BCUT2D eigenvalue weighted by molar-refractivity contribution is 7.92. The van der Waals surface area contributed by atoms with Crippen LogP contribution in [0.15, 0.2) is 23.4 Å². The lowest BCUT2D eigenvalue weighted by atomic mass is 10.1. The zero-order valence-electron chi connectivity index (χ0n) is 11.5. The van der Waals surface area contributed by atoms with Crippen LogP contribution in [0, 0.1) is 0 Å². The fourth-order valence-corrected chi connectivity index (χ4v) is 2.91. The number of nitrogens with zero attached hydrogens (tertiary/aromatic N) is 1. The summed E-state index contributed by atoms with van der Waals surface area (Å²) in [7, 11) is -2.10. The summed E-state index contributed by atoms with van der Waals surface area (Å²) in [6, 6.07) is 4.75. The summed E-state index contributed by atoms with van der Waals surface area (Å²) in [6.45, 7) is 1.90. The molecule has 20 heavy (non-hydrogen) atoms. The summed E-state index contributed by atoms with van der Waals surface area (Å²) in [5, 5.41) is 11.7. The van der Waals surface area contributed by atoms with Gasteiger partial charge in [-0.2, -0.15) is 0 Å². The highest BCUT2D eigenvalue weighted by Gasteiger charge is 2.18. The lowest BCUT2D eigenvalue weighted by Gasteiger charge is -2.15. The van der Waals surface area contributed by atoms with Crippen molar-refractivity contribution >= 4 is 21.5 Å². The number of amidine groups is 1. The third-order valence-corrected chi connectivity index (χ3v) is 4.00. The molecule has 0 amide bonds. The number of hydrogen-bond acceptors (Lipinski definition) is 5. The van der Waals surface area contributed by atoms with Gasteiger partial charge < -0.3 is 15.7 Å². The Bertz CT molecular complexity index is 584. The van der Waals surface area contributed by atoms with E-state index in [0.29, 0.717) is 12.2 Å². The van der Waals surface area contributed by atoms with Crippen molar-refractivity contribution in [1.29, 1.82) is 0 Å². The number of anilines is 1. The number of para-hydroxylation sites is 1. The molecule has 0 spiro atoms. The molecule has 0 fully saturated rings. The second-order valence-corrected chi connectivity index (χ2v) is 5.98. The van der Waals surface area contributed by atoms with E-state index in [9.17, 15) is 8.42 Å². The molecule has 0 atom stereocenters. The van der Waals surface area contributed by atoms with E-state index in [1.807, 2.05) is 6.92 Å². The van der Waals surface area contributed by atoms with Gasteiger partial charge in [0.1, 0.15) is 11.4 Å². The van der Waals surface area contributed by atoms with Crippen LogP contribution in [0.1, 0.15) is 25.3 Å². The van der Waals surface area contributed by atoms with Crippen LogP contribution >= 0.6 is 0 Å². The average molecular weight is 301 g/mol. The van der Waals surface area contributed by atoms with Gasteiger partial charge in [-0.15, -0.1) is 0 Å². The number of unbranched alkanes of at least 4 members (excludes halogenated alkanes) is 1. The molecule has 0 aliphatic rings. The SMILES string of the molecule is CCCCS(=O)(=O)Nc1c(OC)cccc1/C(N)=N/O.